The Kier molecular flexibility index (Phi) is 63.7. The zero-order valence-electron chi connectivity index (χ0n) is 59.9. The molecule has 0 rings (SSSR count). The van der Waals surface area contributed by atoms with Crippen molar-refractivity contribution in [3.8, 4) is 0 Å². The first-order valence-electron chi connectivity index (χ1n) is 38.0. The maximum atomic E-state index is 13.1. The molecule has 0 radical (unpaired) electrons. The minimum absolute atomic E-state index is 0.105. The van der Waals surface area contributed by atoms with Crippen molar-refractivity contribution in [2.75, 3.05) is 39.6 Å². The lowest BCUT2D eigenvalue weighted by Gasteiger charge is -2.21. The Morgan fingerprint density at radius 2 is 0.554 bits per heavy atom. The van der Waals surface area contributed by atoms with Crippen molar-refractivity contribution in [2.24, 2.45) is 11.8 Å². The number of carbonyl (C=O) groups is 4. The van der Waals surface area contributed by atoms with Crippen LogP contribution in [0.2, 0.25) is 0 Å². The molecule has 0 bridgehead atoms. The highest BCUT2D eigenvalue weighted by atomic mass is 31.2. The average Bonchev–Trinajstić information content (AvgIpc) is 3.71. The highest BCUT2D eigenvalue weighted by Crippen LogP contribution is 2.45. The monoisotopic (exact) mass is 1350 g/mol. The molecule has 0 aromatic carbocycles. The fourth-order valence-corrected chi connectivity index (χ4v) is 12.7. The molecule has 0 saturated heterocycles. The first-order valence-corrected chi connectivity index (χ1v) is 41.0. The number of ether oxygens (including phenoxy) is 4. The minimum Gasteiger partial charge on any atom is -0.462 e. The molecular weight excluding hydrogens is 1210 g/mol. The van der Waals surface area contributed by atoms with Crippen LogP contribution in [0.1, 0.15) is 375 Å². The van der Waals surface area contributed by atoms with Gasteiger partial charge in [-0.3, -0.25) is 37.3 Å². The highest BCUT2D eigenvalue weighted by Gasteiger charge is 2.30. The number of esters is 4. The number of phosphoric acid groups is 2. The van der Waals surface area contributed by atoms with Crippen molar-refractivity contribution in [3.63, 3.8) is 0 Å². The summed E-state index contributed by atoms with van der Waals surface area (Å²) >= 11 is 0. The summed E-state index contributed by atoms with van der Waals surface area (Å²) in [6, 6.07) is 0. The van der Waals surface area contributed by atoms with E-state index in [1.54, 1.807) is 0 Å². The van der Waals surface area contributed by atoms with Crippen molar-refractivity contribution in [1.29, 1.82) is 0 Å². The van der Waals surface area contributed by atoms with Crippen molar-refractivity contribution in [2.45, 2.75) is 394 Å². The third-order valence-electron chi connectivity index (χ3n) is 17.3. The zero-order chi connectivity index (χ0) is 67.9. The minimum atomic E-state index is -4.95. The Hall–Kier alpha value is -1.94. The molecule has 0 fully saturated rings. The summed E-state index contributed by atoms with van der Waals surface area (Å²) in [7, 11) is -9.90. The molecule has 0 aromatic rings. The number of hydrogen-bond donors (Lipinski definition) is 3. The van der Waals surface area contributed by atoms with Gasteiger partial charge in [0.25, 0.3) is 0 Å². The molecule has 0 amide bonds. The van der Waals surface area contributed by atoms with Crippen LogP contribution >= 0.6 is 15.6 Å². The molecule has 0 aliphatic carbocycles. The summed E-state index contributed by atoms with van der Waals surface area (Å²) in [6.07, 6.45) is 51.4. The average molecular weight is 1350 g/mol. The van der Waals surface area contributed by atoms with E-state index in [1.165, 1.54) is 180 Å². The van der Waals surface area contributed by atoms with Crippen LogP contribution in [0.5, 0.6) is 0 Å². The summed E-state index contributed by atoms with van der Waals surface area (Å²) in [6.45, 7) is 9.54. The molecule has 0 aliphatic heterocycles. The third-order valence-corrected chi connectivity index (χ3v) is 19.2. The molecule has 0 spiro atoms. The largest absolute Gasteiger partial charge is 0.472 e. The quantitative estimate of drug-likeness (QED) is 0.0222. The second-order valence-corrected chi connectivity index (χ2v) is 30.0. The summed E-state index contributed by atoms with van der Waals surface area (Å²) in [5.41, 5.74) is 0. The summed E-state index contributed by atoms with van der Waals surface area (Å²) < 4.78 is 68.3. The van der Waals surface area contributed by atoms with E-state index in [9.17, 15) is 43.2 Å². The van der Waals surface area contributed by atoms with E-state index in [2.05, 4.69) is 41.5 Å². The van der Waals surface area contributed by atoms with E-state index in [-0.39, 0.29) is 25.7 Å². The number of aliphatic hydroxyl groups is 1. The van der Waals surface area contributed by atoms with Gasteiger partial charge in [-0.15, -0.1) is 0 Å². The molecule has 0 heterocycles. The second kappa shape index (κ2) is 65.0. The van der Waals surface area contributed by atoms with Gasteiger partial charge < -0.3 is 33.8 Å². The van der Waals surface area contributed by atoms with Crippen LogP contribution in [-0.4, -0.2) is 96.7 Å². The van der Waals surface area contributed by atoms with Crippen molar-refractivity contribution in [1.82, 2.24) is 0 Å². The molecule has 0 saturated carbocycles. The van der Waals surface area contributed by atoms with Gasteiger partial charge in [-0.05, 0) is 37.5 Å². The lowest BCUT2D eigenvalue weighted by Crippen LogP contribution is -2.30. The number of aliphatic hydroxyl groups excluding tert-OH is 1. The van der Waals surface area contributed by atoms with Crippen LogP contribution < -0.4 is 0 Å². The predicted octanol–water partition coefficient (Wildman–Crippen LogP) is 21.2. The molecule has 3 unspecified atom stereocenters. The normalized spacial score (nSPS) is 14.4. The molecule has 17 nitrogen and oxygen atoms in total. The first kappa shape index (κ1) is 90.1. The SMILES string of the molecule is CCCCCCCCCCCCCCCCCCCCC(=O)O[C@H](COC(=O)CCCCCCCCCCCCCCC(C)C)COP(=O)(O)OC[C@@H](O)COP(=O)(O)OC[C@@H](COC(=O)CCCCCCCCC)OC(=O)CCCCCCCCCCC(C)CC. The molecule has 0 aromatic heterocycles. The topological polar surface area (TPSA) is 237 Å². The van der Waals surface area contributed by atoms with Crippen LogP contribution in [0.15, 0.2) is 0 Å². The molecular formula is C73H142O17P2. The van der Waals surface area contributed by atoms with Crippen LogP contribution in [0.4, 0.5) is 0 Å². The summed E-state index contributed by atoms with van der Waals surface area (Å²) in [4.78, 5) is 72.5. The van der Waals surface area contributed by atoms with E-state index in [4.69, 9.17) is 37.0 Å². The van der Waals surface area contributed by atoms with Gasteiger partial charge in [0, 0.05) is 25.7 Å². The number of unbranched alkanes of at least 4 members (excludes halogenated alkanes) is 41. The van der Waals surface area contributed by atoms with E-state index < -0.39 is 97.5 Å². The fourth-order valence-electron chi connectivity index (χ4n) is 11.1. The van der Waals surface area contributed by atoms with Gasteiger partial charge in [0.1, 0.15) is 19.3 Å². The maximum Gasteiger partial charge on any atom is 0.472 e. The van der Waals surface area contributed by atoms with E-state index in [0.29, 0.717) is 25.7 Å². The van der Waals surface area contributed by atoms with Crippen molar-refractivity contribution in [3.05, 3.63) is 0 Å². The Bertz CT molecular complexity index is 1790. The molecule has 546 valence electrons. The van der Waals surface area contributed by atoms with Gasteiger partial charge in [-0.25, -0.2) is 9.13 Å². The van der Waals surface area contributed by atoms with Gasteiger partial charge >= 0.3 is 39.5 Å². The summed E-state index contributed by atoms with van der Waals surface area (Å²) in [5, 5.41) is 10.6. The van der Waals surface area contributed by atoms with Gasteiger partial charge in [-0.1, -0.05) is 324 Å². The molecule has 0 aliphatic rings. The van der Waals surface area contributed by atoms with E-state index in [1.807, 2.05) is 0 Å². The van der Waals surface area contributed by atoms with Crippen molar-refractivity contribution >= 4 is 39.5 Å². The van der Waals surface area contributed by atoms with Gasteiger partial charge in [0.05, 0.1) is 26.4 Å². The number of carbonyl (C=O) groups excluding carboxylic acids is 4. The lowest BCUT2D eigenvalue weighted by atomic mass is 9.99. The van der Waals surface area contributed by atoms with Crippen LogP contribution in [0, 0.1) is 11.8 Å². The van der Waals surface area contributed by atoms with Crippen LogP contribution in [-0.2, 0) is 65.4 Å². The number of hydrogen-bond acceptors (Lipinski definition) is 15. The van der Waals surface area contributed by atoms with Gasteiger partial charge in [0.2, 0.25) is 0 Å². The first-order chi connectivity index (χ1) is 44.4. The fraction of sp³-hybridized carbons (Fsp3) is 0.945. The molecule has 3 N–H and O–H groups in total. The molecule has 6 atom stereocenters. The number of rotatable bonds is 72. The van der Waals surface area contributed by atoms with E-state index >= 15 is 0 Å². The van der Waals surface area contributed by atoms with E-state index in [0.717, 1.165) is 115 Å². The number of phosphoric ester groups is 2. The van der Waals surface area contributed by atoms with Gasteiger partial charge in [-0.2, -0.15) is 0 Å². The predicted molar refractivity (Wildman–Crippen MR) is 372 cm³/mol. The Balaban J connectivity index is 5.20. The third kappa shape index (κ3) is 65.4. The second-order valence-electron chi connectivity index (χ2n) is 27.1. The summed E-state index contributed by atoms with van der Waals surface area (Å²) in [5.74, 6) is -0.573. The standard InChI is InChI=1S/C73H142O17P2/c1-7-10-12-14-16-17-18-19-20-21-22-23-24-29-32-39-45-51-57-72(77)89-69(62-84-71(76)56-50-44-38-31-28-26-25-27-30-36-41-47-53-65(4)5)64-88-92(81,82)86-60-67(74)59-85-91(79,80)87-63-68(61-83-70(75)55-49-43-35-15-13-11-8-2)90-73(78)58-52-46-40-34-33-37-42-48-54-66(6)9-3/h65-69,74H,7-64H2,1-6H3,(H,79,80)(H,81,82)/t66?,67-,68+,69+/m0/s1. The smallest absolute Gasteiger partial charge is 0.462 e. The Labute approximate surface area is 562 Å². The van der Waals surface area contributed by atoms with Crippen LogP contribution in [0.25, 0.3) is 0 Å². The molecule has 92 heavy (non-hydrogen) atoms. The maximum absolute atomic E-state index is 13.1. The molecule has 19 heteroatoms. The zero-order valence-corrected chi connectivity index (χ0v) is 61.6. The Morgan fingerprint density at radius 3 is 0.826 bits per heavy atom. The van der Waals surface area contributed by atoms with Crippen LogP contribution in [0.3, 0.4) is 0 Å². The van der Waals surface area contributed by atoms with Gasteiger partial charge in [0.15, 0.2) is 12.2 Å². The Morgan fingerprint density at radius 1 is 0.315 bits per heavy atom. The lowest BCUT2D eigenvalue weighted by molar-refractivity contribution is -0.161. The highest BCUT2D eigenvalue weighted by molar-refractivity contribution is 7.47. The van der Waals surface area contributed by atoms with Crippen molar-refractivity contribution < 1.29 is 80.2 Å².